The topological polar surface area (TPSA) is 103 Å². The summed E-state index contributed by atoms with van der Waals surface area (Å²) < 4.78 is 1.66. The summed E-state index contributed by atoms with van der Waals surface area (Å²) in [4.78, 5) is 28.4. The van der Waals surface area contributed by atoms with Crippen LogP contribution in [0.15, 0.2) is 36.8 Å². The Balaban J connectivity index is 1.76. The van der Waals surface area contributed by atoms with Crippen LogP contribution >= 0.6 is 0 Å². The van der Waals surface area contributed by atoms with Gasteiger partial charge in [0.2, 0.25) is 5.91 Å². The molecule has 1 fully saturated rings. The maximum atomic E-state index is 12.6. The second-order valence-electron chi connectivity index (χ2n) is 6.08. The highest BCUT2D eigenvalue weighted by atomic mass is 16.2. The third-order valence-corrected chi connectivity index (χ3v) is 4.44. The van der Waals surface area contributed by atoms with Crippen LogP contribution in [0.1, 0.15) is 42.6 Å². The van der Waals surface area contributed by atoms with Crippen molar-refractivity contribution in [3.05, 3.63) is 42.5 Å². The van der Waals surface area contributed by atoms with E-state index in [9.17, 15) is 9.59 Å². The van der Waals surface area contributed by atoms with Gasteiger partial charge in [-0.25, -0.2) is 4.68 Å². The zero-order valence-corrected chi connectivity index (χ0v) is 13.4. The number of carbonyl (C=O) groups is 2. The molecule has 2 amide bonds. The minimum Gasteiger partial charge on any atom is -0.369 e. The van der Waals surface area contributed by atoms with E-state index in [0.717, 1.165) is 37.8 Å². The molecule has 24 heavy (non-hydrogen) atoms. The Hall–Kier alpha value is -2.70. The van der Waals surface area contributed by atoms with Crippen LogP contribution in [-0.4, -0.2) is 32.6 Å². The lowest BCUT2D eigenvalue weighted by atomic mass is 9.94. The van der Waals surface area contributed by atoms with Crippen LogP contribution in [0.5, 0.6) is 0 Å². The molecule has 1 aliphatic rings. The first-order valence-electron chi connectivity index (χ1n) is 8.21. The standard InChI is InChI=1S/C17H21N5O2/c18-16(23)13-5-2-1-3-6-14(13)21-17(24)15-11-12(7-9-19-15)22-10-4-8-20-22/h4,7-11,13-14H,1-3,5-6H2,(H2,18,23)(H,21,24)/t13-,14-/m0/s1. The number of primary amides is 1. The predicted molar refractivity (Wildman–Crippen MR) is 88.4 cm³/mol. The first-order valence-corrected chi connectivity index (χ1v) is 8.21. The van der Waals surface area contributed by atoms with E-state index in [1.54, 1.807) is 35.4 Å². The molecule has 0 radical (unpaired) electrons. The molecular weight excluding hydrogens is 306 g/mol. The second-order valence-corrected chi connectivity index (χ2v) is 6.08. The van der Waals surface area contributed by atoms with Crippen LogP contribution in [0.3, 0.4) is 0 Å². The number of nitrogens with one attached hydrogen (secondary N) is 1. The van der Waals surface area contributed by atoms with Crippen LogP contribution in [0.4, 0.5) is 0 Å². The third-order valence-electron chi connectivity index (χ3n) is 4.44. The minimum atomic E-state index is -0.347. The van der Waals surface area contributed by atoms with Gasteiger partial charge in [0.1, 0.15) is 5.69 Å². The van der Waals surface area contributed by atoms with Crippen molar-refractivity contribution in [2.24, 2.45) is 11.7 Å². The van der Waals surface area contributed by atoms with Crippen molar-refractivity contribution in [2.75, 3.05) is 0 Å². The molecule has 126 valence electrons. The lowest BCUT2D eigenvalue weighted by Gasteiger charge is -2.23. The summed E-state index contributed by atoms with van der Waals surface area (Å²) in [6, 6.07) is 5.04. The number of hydrogen-bond acceptors (Lipinski definition) is 4. The van der Waals surface area contributed by atoms with Gasteiger partial charge in [-0.05, 0) is 31.0 Å². The number of pyridine rings is 1. The monoisotopic (exact) mass is 327 g/mol. The van der Waals surface area contributed by atoms with Crippen LogP contribution < -0.4 is 11.1 Å². The van der Waals surface area contributed by atoms with Crippen LogP contribution in [0, 0.1) is 5.92 Å². The van der Waals surface area contributed by atoms with E-state index in [1.807, 2.05) is 6.07 Å². The molecule has 0 aliphatic heterocycles. The van der Waals surface area contributed by atoms with E-state index < -0.39 is 0 Å². The van der Waals surface area contributed by atoms with Crippen molar-refractivity contribution in [1.29, 1.82) is 0 Å². The van der Waals surface area contributed by atoms with Gasteiger partial charge in [0, 0.05) is 24.6 Å². The van der Waals surface area contributed by atoms with E-state index >= 15 is 0 Å². The average molecular weight is 327 g/mol. The van der Waals surface area contributed by atoms with Crippen molar-refractivity contribution in [3.8, 4) is 5.69 Å². The summed E-state index contributed by atoms with van der Waals surface area (Å²) in [5, 5.41) is 7.09. The fraction of sp³-hybridized carbons (Fsp3) is 0.412. The Bertz CT molecular complexity index is 714. The quantitative estimate of drug-likeness (QED) is 0.829. The first-order chi connectivity index (χ1) is 11.6. The summed E-state index contributed by atoms with van der Waals surface area (Å²) in [6.45, 7) is 0. The molecule has 0 unspecified atom stereocenters. The number of carbonyl (C=O) groups excluding carboxylic acids is 2. The smallest absolute Gasteiger partial charge is 0.270 e. The van der Waals surface area contributed by atoms with Gasteiger partial charge < -0.3 is 11.1 Å². The lowest BCUT2D eigenvalue weighted by molar-refractivity contribution is -0.122. The first kappa shape index (κ1) is 16.2. The van der Waals surface area contributed by atoms with Crippen LogP contribution in [0.25, 0.3) is 5.69 Å². The summed E-state index contributed by atoms with van der Waals surface area (Å²) in [5.74, 6) is -0.951. The van der Waals surface area contributed by atoms with Gasteiger partial charge in [-0.15, -0.1) is 0 Å². The molecule has 2 atom stereocenters. The summed E-state index contributed by atoms with van der Waals surface area (Å²) in [7, 11) is 0. The average Bonchev–Trinajstić information content (AvgIpc) is 3.02. The van der Waals surface area contributed by atoms with Gasteiger partial charge >= 0.3 is 0 Å². The van der Waals surface area contributed by atoms with Gasteiger partial charge in [-0.3, -0.25) is 14.6 Å². The van der Waals surface area contributed by atoms with Crippen molar-refractivity contribution in [3.63, 3.8) is 0 Å². The third kappa shape index (κ3) is 3.61. The SMILES string of the molecule is NC(=O)[C@H]1CCCCC[C@@H]1NC(=O)c1cc(-n2cccn2)ccn1. The minimum absolute atomic E-state index is 0.229. The van der Waals surface area contributed by atoms with Gasteiger partial charge in [0.15, 0.2) is 0 Å². The summed E-state index contributed by atoms with van der Waals surface area (Å²) in [5.41, 5.74) is 6.57. The highest BCUT2D eigenvalue weighted by molar-refractivity contribution is 5.93. The van der Waals surface area contributed by atoms with E-state index in [4.69, 9.17) is 5.73 Å². The Kier molecular flexibility index (Phi) is 4.88. The maximum Gasteiger partial charge on any atom is 0.270 e. The number of hydrogen-bond donors (Lipinski definition) is 2. The maximum absolute atomic E-state index is 12.6. The fourth-order valence-corrected chi connectivity index (χ4v) is 3.17. The number of rotatable bonds is 4. The number of aromatic nitrogens is 3. The molecule has 1 saturated carbocycles. The zero-order chi connectivity index (χ0) is 16.9. The molecule has 3 N–H and O–H groups in total. The van der Waals surface area contributed by atoms with E-state index in [-0.39, 0.29) is 23.8 Å². The molecule has 2 aromatic heterocycles. The number of nitrogens with two attached hydrogens (primary N) is 1. The molecule has 0 saturated heterocycles. The largest absolute Gasteiger partial charge is 0.369 e. The number of amides is 2. The van der Waals surface area contributed by atoms with Gasteiger partial charge in [-0.2, -0.15) is 5.10 Å². The Morgan fingerprint density at radius 1 is 1.21 bits per heavy atom. The predicted octanol–water partition coefficient (Wildman–Crippen LogP) is 1.43. The zero-order valence-electron chi connectivity index (χ0n) is 13.4. The molecule has 2 aromatic rings. The molecule has 7 heteroatoms. The Morgan fingerprint density at radius 2 is 2.04 bits per heavy atom. The Labute approximate surface area is 140 Å². The molecule has 3 rings (SSSR count). The highest BCUT2D eigenvalue weighted by Crippen LogP contribution is 2.23. The van der Waals surface area contributed by atoms with Gasteiger partial charge in [-0.1, -0.05) is 19.3 Å². The molecule has 7 nitrogen and oxygen atoms in total. The molecule has 0 aromatic carbocycles. The van der Waals surface area contributed by atoms with Gasteiger partial charge in [0.05, 0.1) is 11.6 Å². The summed E-state index contributed by atoms with van der Waals surface area (Å²) >= 11 is 0. The normalized spacial score (nSPS) is 21.0. The second kappa shape index (κ2) is 7.25. The van der Waals surface area contributed by atoms with Crippen molar-refractivity contribution in [1.82, 2.24) is 20.1 Å². The molecule has 0 spiro atoms. The van der Waals surface area contributed by atoms with E-state index in [0.29, 0.717) is 5.69 Å². The van der Waals surface area contributed by atoms with Gasteiger partial charge in [0.25, 0.3) is 5.91 Å². The van der Waals surface area contributed by atoms with Crippen LogP contribution in [0.2, 0.25) is 0 Å². The number of nitrogens with zero attached hydrogens (tertiary/aromatic N) is 3. The summed E-state index contributed by atoms with van der Waals surface area (Å²) in [6.07, 6.45) is 9.53. The van der Waals surface area contributed by atoms with E-state index in [2.05, 4.69) is 15.4 Å². The highest BCUT2D eigenvalue weighted by Gasteiger charge is 2.29. The van der Waals surface area contributed by atoms with Crippen molar-refractivity contribution in [2.45, 2.75) is 38.1 Å². The molecule has 1 aliphatic carbocycles. The van der Waals surface area contributed by atoms with E-state index in [1.165, 1.54) is 0 Å². The molecule has 2 heterocycles. The lowest BCUT2D eigenvalue weighted by Crippen LogP contribution is -2.45. The van der Waals surface area contributed by atoms with Crippen molar-refractivity contribution < 1.29 is 9.59 Å². The molecular formula is C17H21N5O2. The van der Waals surface area contributed by atoms with Crippen LogP contribution in [-0.2, 0) is 4.79 Å². The van der Waals surface area contributed by atoms with Crippen molar-refractivity contribution >= 4 is 11.8 Å². The Morgan fingerprint density at radius 3 is 2.79 bits per heavy atom. The fourth-order valence-electron chi connectivity index (χ4n) is 3.17. The molecule has 0 bridgehead atoms.